The smallest absolute Gasteiger partial charge is 0.254 e. The fourth-order valence-electron chi connectivity index (χ4n) is 3.03. The first-order valence-corrected chi connectivity index (χ1v) is 10.4. The molecule has 0 bridgehead atoms. The second-order valence-corrected chi connectivity index (χ2v) is 9.47. The Kier molecular flexibility index (Phi) is 6.20. The van der Waals surface area contributed by atoms with Gasteiger partial charge in [-0.3, -0.25) is 0 Å². The van der Waals surface area contributed by atoms with Crippen molar-refractivity contribution in [1.82, 2.24) is 10.2 Å². The zero-order valence-corrected chi connectivity index (χ0v) is 19.1. The van der Waals surface area contributed by atoms with Crippen molar-refractivity contribution in [1.29, 1.82) is 0 Å². The Bertz CT molecular complexity index is 962. The van der Waals surface area contributed by atoms with Crippen LogP contribution in [0.3, 0.4) is 0 Å². The molecular formula is C25H32N2O3. The van der Waals surface area contributed by atoms with Gasteiger partial charge in [0, 0.05) is 5.56 Å². The third-order valence-corrected chi connectivity index (χ3v) is 4.88. The molecule has 0 fully saturated rings. The summed E-state index contributed by atoms with van der Waals surface area (Å²) in [7, 11) is 0. The Morgan fingerprint density at radius 3 is 1.90 bits per heavy atom. The first kappa shape index (κ1) is 21.9. The van der Waals surface area contributed by atoms with Gasteiger partial charge in [0.25, 0.3) is 5.89 Å². The van der Waals surface area contributed by atoms with Crippen LogP contribution < -0.4 is 9.47 Å². The lowest BCUT2D eigenvalue weighted by molar-refractivity contribution is 0.243. The van der Waals surface area contributed by atoms with E-state index in [0.29, 0.717) is 29.9 Å². The molecule has 0 atom stereocenters. The van der Waals surface area contributed by atoms with Crippen molar-refractivity contribution >= 4 is 0 Å². The Morgan fingerprint density at radius 2 is 1.37 bits per heavy atom. The second-order valence-electron chi connectivity index (χ2n) is 9.47. The van der Waals surface area contributed by atoms with Crippen molar-refractivity contribution < 1.29 is 13.9 Å². The van der Waals surface area contributed by atoms with Crippen LogP contribution in [0.2, 0.25) is 0 Å². The summed E-state index contributed by atoms with van der Waals surface area (Å²) < 4.78 is 17.4. The van der Waals surface area contributed by atoms with Gasteiger partial charge >= 0.3 is 0 Å². The first-order valence-electron chi connectivity index (χ1n) is 10.4. The fraction of sp³-hybridized carbons (Fsp3) is 0.440. The molecule has 3 aromatic rings. The molecular weight excluding hydrogens is 376 g/mol. The van der Waals surface area contributed by atoms with E-state index in [9.17, 15) is 0 Å². The number of hydrogen-bond donors (Lipinski definition) is 0. The minimum atomic E-state index is 0.0188. The van der Waals surface area contributed by atoms with Crippen molar-refractivity contribution in [3.05, 3.63) is 59.5 Å². The fourth-order valence-corrected chi connectivity index (χ4v) is 3.03. The van der Waals surface area contributed by atoms with E-state index in [1.807, 2.05) is 31.2 Å². The molecule has 0 saturated carbocycles. The molecule has 3 rings (SSSR count). The van der Waals surface area contributed by atoms with Gasteiger partial charge < -0.3 is 13.9 Å². The summed E-state index contributed by atoms with van der Waals surface area (Å²) >= 11 is 0. The van der Waals surface area contributed by atoms with E-state index in [0.717, 1.165) is 5.56 Å². The van der Waals surface area contributed by atoms with Gasteiger partial charge in [0.2, 0.25) is 5.89 Å². The lowest BCUT2D eigenvalue weighted by Gasteiger charge is -2.25. The van der Waals surface area contributed by atoms with Crippen LogP contribution in [0.25, 0.3) is 11.5 Å². The zero-order chi connectivity index (χ0) is 21.9. The van der Waals surface area contributed by atoms with E-state index in [2.05, 4.69) is 69.9 Å². The standard InChI is InChI=1S/C25H32N2O3/c1-8-28-20-11-9-10-12-21(20)29-16-22-26-27-23(30-22)17-13-18(24(2,3)4)15-19(14-17)25(5,6)7/h9-15H,8,16H2,1-7H3. The largest absolute Gasteiger partial charge is 0.490 e. The molecule has 0 amide bonds. The van der Waals surface area contributed by atoms with Crippen LogP contribution in [0, 0.1) is 0 Å². The van der Waals surface area contributed by atoms with Crippen LogP contribution in [0.5, 0.6) is 11.5 Å². The number of hydrogen-bond acceptors (Lipinski definition) is 5. The van der Waals surface area contributed by atoms with Gasteiger partial charge in [0.15, 0.2) is 18.1 Å². The molecule has 30 heavy (non-hydrogen) atoms. The highest BCUT2D eigenvalue weighted by Gasteiger charge is 2.22. The van der Waals surface area contributed by atoms with Crippen molar-refractivity contribution in [2.45, 2.75) is 65.9 Å². The lowest BCUT2D eigenvalue weighted by Crippen LogP contribution is -2.16. The molecule has 0 aliphatic heterocycles. The van der Waals surface area contributed by atoms with Crippen LogP contribution in [0.15, 0.2) is 46.9 Å². The van der Waals surface area contributed by atoms with Crippen LogP contribution in [-0.2, 0) is 17.4 Å². The van der Waals surface area contributed by atoms with Gasteiger partial charge in [0.05, 0.1) is 6.61 Å². The first-order chi connectivity index (χ1) is 14.1. The van der Waals surface area contributed by atoms with Gasteiger partial charge in [-0.2, -0.15) is 0 Å². The highest BCUT2D eigenvalue weighted by Crippen LogP contribution is 2.34. The summed E-state index contributed by atoms with van der Waals surface area (Å²) in [6.07, 6.45) is 0. The van der Waals surface area contributed by atoms with Crippen LogP contribution in [0.4, 0.5) is 0 Å². The maximum Gasteiger partial charge on any atom is 0.254 e. The molecule has 0 aliphatic carbocycles. The third kappa shape index (κ3) is 5.21. The zero-order valence-electron chi connectivity index (χ0n) is 19.1. The van der Waals surface area contributed by atoms with Gasteiger partial charge in [-0.1, -0.05) is 59.7 Å². The van der Waals surface area contributed by atoms with E-state index in [-0.39, 0.29) is 17.4 Å². The lowest BCUT2D eigenvalue weighted by atomic mass is 9.79. The predicted molar refractivity (Wildman–Crippen MR) is 119 cm³/mol. The predicted octanol–water partition coefficient (Wildman–Crippen LogP) is 6.31. The summed E-state index contributed by atoms with van der Waals surface area (Å²) in [6, 6.07) is 14.1. The van der Waals surface area contributed by atoms with Crippen molar-refractivity contribution in [2.24, 2.45) is 0 Å². The molecule has 160 valence electrons. The molecule has 0 radical (unpaired) electrons. The molecule has 0 N–H and O–H groups in total. The number of benzene rings is 2. The SMILES string of the molecule is CCOc1ccccc1OCc1nnc(-c2cc(C(C)(C)C)cc(C(C)(C)C)c2)o1. The van der Waals surface area contributed by atoms with Crippen molar-refractivity contribution in [3.8, 4) is 23.0 Å². The van der Waals surface area contributed by atoms with E-state index in [1.165, 1.54) is 11.1 Å². The molecule has 0 saturated heterocycles. The monoisotopic (exact) mass is 408 g/mol. The van der Waals surface area contributed by atoms with E-state index in [1.54, 1.807) is 0 Å². The topological polar surface area (TPSA) is 57.4 Å². The third-order valence-electron chi connectivity index (χ3n) is 4.88. The Balaban J connectivity index is 1.85. The minimum absolute atomic E-state index is 0.0188. The minimum Gasteiger partial charge on any atom is -0.490 e. The van der Waals surface area contributed by atoms with E-state index in [4.69, 9.17) is 13.9 Å². The highest BCUT2D eigenvalue weighted by atomic mass is 16.5. The molecule has 1 heterocycles. The maximum atomic E-state index is 5.94. The summed E-state index contributed by atoms with van der Waals surface area (Å²) in [5, 5.41) is 8.46. The number of aromatic nitrogens is 2. The molecule has 1 aromatic heterocycles. The van der Waals surface area contributed by atoms with Gasteiger partial charge in [-0.15, -0.1) is 10.2 Å². The summed E-state index contributed by atoms with van der Waals surface area (Å²) in [4.78, 5) is 0. The van der Waals surface area contributed by atoms with Crippen LogP contribution >= 0.6 is 0 Å². The average molecular weight is 409 g/mol. The number of ether oxygens (including phenoxy) is 2. The highest BCUT2D eigenvalue weighted by molar-refractivity contribution is 5.57. The van der Waals surface area contributed by atoms with E-state index < -0.39 is 0 Å². The molecule has 5 heteroatoms. The molecule has 2 aromatic carbocycles. The van der Waals surface area contributed by atoms with Crippen molar-refractivity contribution in [2.75, 3.05) is 6.61 Å². The van der Waals surface area contributed by atoms with Gasteiger partial charge in [0.1, 0.15) is 0 Å². The maximum absolute atomic E-state index is 5.94. The van der Waals surface area contributed by atoms with Gasteiger partial charge in [-0.25, -0.2) is 0 Å². The van der Waals surface area contributed by atoms with E-state index >= 15 is 0 Å². The number of para-hydroxylation sites is 2. The average Bonchev–Trinajstić information content (AvgIpc) is 3.15. The van der Waals surface area contributed by atoms with Crippen LogP contribution in [0.1, 0.15) is 65.5 Å². The normalized spacial score (nSPS) is 12.1. The quantitative estimate of drug-likeness (QED) is 0.478. The Morgan fingerprint density at radius 1 is 0.800 bits per heavy atom. The number of rotatable bonds is 6. The molecule has 5 nitrogen and oxygen atoms in total. The van der Waals surface area contributed by atoms with Crippen molar-refractivity contribution in [3.63, 3.8) is 0 Å². The van der Waals surface area contributed by atoms with Gasteiger partial charge in [-0.05, 0) is 53.1 Å². The molecule has 0 spiro atoms. The summed E-state index contributed by atoms with van der Waals surface area (Å²) in [6.45, 7) is 16.0. The summed E-state index contributed by atoms with van der Waals surface area (Å²) in [5.74, 6) is 2.29. The second kappa shape index (κ2) is 8.50. The molecule has 0 unspecified atom stereocenters. The Hall–Kier alpha value is -2.82. The Labute approximate surface area is 179 Å². The summed E-state index contributed by atoms with van der Waals surface area (Å²) in [5.41, 5.74) is 3.45. The molecule has 0 aliphatic rings. The number of nitrogens with zero attached hydrogens (tertiary/aromatic N) is 2. The van der Waals surface area contributed by atoms with Crippen LogP contribution in [-0.4, -0.2) is 16.8 Å².